The molecule has 0 spiro atoms. The normalized spacial score (nSPS) is 11.6. The Balaban J connectivity index is 2.75. The average molecular weight is 290 g/mol. The van der Waals surface area contributed by atoms with Gasteiger partial charge in [-0.3, -0.25) is 9.78 Å². The number of halogens is 1. The first-order valence-corrected chi connectivity index (χ1v) is 7.04. The van der Waals surface area contributed by atoms with Crippen LogP contribution in [-0.4, -0.2) is 43.9 Å². The van der Waals surface area contributed by atoms with Crippen molar-refractivity contribution in [1.29, 1.82) is 0 Å². The number of hydrogen-bond acceptors (Lipinski definition) is 5. The zero-order valence-electron chi connectivity index (χ0n) is 10.7. The molecule has 0 atom stereocenters. The van der Waals surface area contributed by atoms with Gasteiger partial charge in [-0.2, -0.15) is 0 Å². The average Bonchev–Trinajstić information content (AvgIpc) is 2.36. The number of carbonyl (C=O) groups is 1. The van der Waals surface area contributed by atoms with Gasteiger partial charge in [0.25, 0.3) is 0 Å². The second kappa shape index (κ2) is 6.58. The summed E-state index contributed by atoms with van der Waals surface area (Å²) < 4.78 is 42.7. The van der Waals surface area contributed by atoms with E-state index in [-0.39, 0.29) is 24.5 Å². The maximum atomic E-state index is 13.0. The van der Waals surface area contributed by atoms with Crippen molar-refractivity contribution in [2.24, 2.45) is 0 Å². The molecule has 0 unspecified atom stereocenters. The van der Waals surface area contributed by atoms with Gasteiger partial charge in [-0.15, -0.1) is 0 Å². The van der Waals surface area contributed by atoms with Crippen molar-refractivity contribution < 1.29 is 22.3 Å². The predicted molar refractivity (Wildman–Crippen MR) is 65.3 cm³/mol. The first-order chi connectivity index (χ1) is 8.87. The van der Waals surface area contributed by atoms with Crippen LogP contribution in [0.3, 0.4) is 0 Å². The third kappa shape index (κ3) is 4.25. The van der Waals surface area contributed by atoms with E-state index >= 15 is 0 Å². The van der Waals surface area contributed by atoms with Crippen LogP contribution in [0.2, 0.25) is 0 Å². The molecule has 0 aliphatic carbocycles. The third-order valence-electron chi connectivity index (χ3n) is 2.32. The fourth-order valence-corrected chi connectivity index (χ4v) is 2.46. The number of nitrogens with zero attached hydrogens (tertiary/aromatic N) is 2. The van der Waals surface area contributed by atoms with Crippen molar-refractivity contribution in [2.75, 3.05) is 20.2 Å². The summed E-state index contributed by atoms with van der Waals surface area (Å²) in [7, 11) is -2.54. The maximum Gasteiger partial charge on any atom is 0.307 e. The van der Waals surface area contributed by atoms with E-state index in [1.165, 1.54) is 7.05 Å². The van der Waals surface area contributed by atoms with Gasteiger partial charge in [-0.1, -0.05) is 0 Å². The summed E-state index contributed by atoms with van der Waals surface area (Å²) in [6.45, 7) is 1.86. The number of aromatic nitrogens is 1. The predicted octanol–water partition coefficient (Wildman–Crippen LogP) is 0.794. The molecule has 6 nitrogen and oxygen atoms in total. The molecule has 0 aromatic carbocycles. The molecule has 0 bridgehead atoms. The number of rotatable bonds is 6. The summed E-state index contributed by atoms with van der Waals surface area (Å²) in [5, 5.41) is 0. The van der Waals surface area contributed by atoms with Crippen molar-refractivity contribution in [3.63, 3.8) is 0 Å². The molecule has 1 heterocycles. The number of ether oxygens (including phenoxy) is 1. The molecule has 8 heteroatoms. The lowest BCUT2D eigenvalue weighted by Gasteiger charge is -2.16. The van der Waals surface area contributed by atoms with Gasteiger partial charge in [0.05, 0.1) is 19.2 Å². The lowest BCUT2D eigenvalue weighted by Crippen LogP contribution is -2.29. The summed E-state index contributed by atoms with van der Waals surface area (Å²) in [6.07, 6.45) is 1.91. The second-order valence-corrected chi connectivity index (χ2v) is 5.77. The summed E-state index contributed by atoms with van der Waals surface area (Å²) in [5.74, 6) is -1.22. The van der Waals surface area contributed by atoms with E-state index in [1.54, 1.807) is 6.92 Å². The van der Waals surface area contributed by atoms with E-state index in [4.69, 9.17) is 4.74 Å². The van der Waals surface area contributed by atoms with Crippen LogP contribution in [0.5, 0.6) is 0 Å². The van der Waals surface area contributed by atoms with Crippen molar-refractivity contribution >= 4 is 16.0 Å². The van der Waals surface area contributed by atoms with Crippen LogP contribution in [0.1, 0.15) is 13.3 Å². The van der Waals surface area contributed by atoms with Gasteiger partial charge in [0.2, 0.25) is 10.0 Å². The number of pyridine rings is 1. The molecule has 0 aliphatic heterocycles. The van der Waals surface area contributed by atoms with E-state index in [1.807, 2.05) is 0 Å². The van der Waals surface area contributed by atoms with Crippen molar-refractivity contribution in [2.45, 2.75) is 18.2 Å². The zero-order valence-corrected chi connectivity index (χ0v) is 11.5. The Labute approximate surface area is 111 Å². The topological polar surface area (TPSA) is 76.6 Å². The monoisotopic (exact) mass is 290 g/mol. The summed E-state index contributed by atoms with van der Waals surface area (Å²) in [4.78, 5) is 14.4. The largest absolute Gasteiger partial charge is 0.466 e. The molecular weight excluding hydrogens is 275 g/mol. The molecular formula is C11H15FN2O4S. The molecule has 1 aromatic rings. The molecule has 19 heavy (non-hydrogen) atoms. The molecule has 106 valence electrons. The van der Waals surface area contributed by atoms with Crippen molar-refractivity contribution in [1.82, 2.24) is 9.29 Å². The Morgan fingerprint density at radius 3 is 2.74 bits per heavy atom. The molecule has 0 saturated heterocycles. The van der Waals surface area contributed by atoms with Crippen LogP contribution >= 0.6 is 0 Å². The first-order valence-electron chi connectivity index (χ1n) is 5.60. The third-order valence-corrected chi connectivity index (χ3v) is 4.15. The van der Waals surface area contributed by atoms with Crippen LogP contribution in [0.15, 0.2) is 23.4 Å². The van der Waals surface area contributed by atoms with Crippen LogP contribution in [0.4, 0.5) is 4.39 Å². The summed E-state index contributed by atoms with van der Waals surface area (Å²) in [5.41, 5.74) is 0. The molecule has 0 saturated carbocycles. The second-order valence-electron chi connectivity index (χ2n) is 3.72. The van der Waals surface area contributed by atoms with Crippen LogP contribution in [-0.2, 0) is 19.6 Å². The maximum absolute atomic E-state index is 13.0. The lowest BCUT2D eigenvalue weighted by atomic mass is 10.4. The van der Waals surface area contributed by atoms with Crippen LogP contribution in [0.25, 0.3) is 0 Å². The summed E-state index contributed by atoms with van der Waals surface area (Å²) >= 11 is 0. The molecule has 0 radical (unpaired) electrons. The Bertz CT molecular complexity index is 547. The molecule has 1 aromatic heterocycles. The lowest BCUT2D eigenvalue weighted by molar-refractivity contribution is -0.143. The summed E-state index contributed by atoms with van der Waals surface area (Å²) in [6, 6.07) is 0.878. The number of esters is 1. The van der Waals surface area contributed by atoms with Gasteiger partial charge in [0.1, 0.15) is 10.7 Å². The van der Waals surface area contributed by atoms with Gasteiger partial charge >= 0.3 is 5.97 Å². The highest BCUT2D eigenvalue weighted by atomic mass is 32.2. The first kappa shape index (κ1) is 15.5. The smallest absolute Gasteiger partial charge is 0.307 e. The van der Waals surface area contributed by atoms with E-state index < -0.39 is 21.8 Å². The van der Waals surface area contributed by atoms with Gasteiger partial charge < -0.3 is 4.74 Å². The molecule has 0 aliphatic rings. The molecule has 0 amide bonds. The molecule has 0 fully saturated rings. The minimum absolute atomic E-state index is 0.0440. The zero-order chi connectivity index (χ0) is 14.5. The minimum atomic E-state index is -3.85. The molecule has 1 rings (SSSR count). The fraction of sp³-hybridized carbons (Fsp3) is 0.455. The van der Waals surface area contributed by atoms with E-state index in [2.05, 4.69) is 4.98 Å². The Kier molecular flexibility index (Phi) is 5.37. The van der Waals surface area contributed by atoms with Gasteiger partial charge in [-0.05, 0) is 13.0 Å². The van der Waals surface area contributed by atoms with Crippen molar-refractivity contribution in [3.8, 4) is 0 Å². The number of sulfonamides is 1. The van der Waals surface area contributed by atoms with Crippen LogP contribution in [0, 0.1) is 5.82 Å². The van der Waals surface area contributed by atoms with E-state index in [0.29, 0.717) is 0 Å². The Morgan fingerprint density at radius 2 is 2.16 bits per heavy atom. The highest BCUT2D eigenvalue weighted by molar-refractivity contribution is 7.89. The van der Waals surface area contributed by atoms with Gasteiger partial charge in [0.15, 0.2) is 0 Å². The fourth-order valence-electron chi connectivity index (χ4n) is 1.32. The Morgan fingerprint density at radius 1 is 1.47 bits per heavy atom. The highest BCUT2D eigenvalue weighted by Gasteiger charge is 2.22. The van der Waals surface area contributed by atoms with E-state index in [9.17, 15) is 17.6 Å². The van der Waals surface area contributed by atoms with Gasteiger partial charge in [-0.25, -0.2) is 17.1 Å². The van der Waals surface area contributed by atoms with E-state index in [0.717, 1.165) is 22.8 Å². The standard InChI is InChI=1S/C11H15FN2O4S/c1-3-18-11(15)4-5-14(2)19(16,17)10-6-9(12)7-13-8-10/h6-8H,3-5H2,1-2H3. The number of hydrogen-bond donors (Lipinski definition) is 0. The Hall–Kier alpha value is -1.54. The quantitative estimate of drug-likeness (QED) is 0.724. The number of carbonyl (C=O) groups excluding carboxylic acids is 1. The molecule has 0 N–H and O–H groups in total. The van der Waals surface area contributed by atoms with Crippen LogP contribution < -0.4 is 0 Å². The minimum Gasteiger partial charge on any atom is -0.466 e. The van der Waals surface area contributed by atoms with Gasteiger partial charge in [0, 0.05) is 19.8 Å². The highest BCUT2D eigenvalue weighted by Crippen LogP contribution is 2.14. The SMILES string of the molecule is CCOC(=O)CCN(C)S(=O)(=O)c1cncc(F)c1. The van der Waals surface area contributed by atoms with Crippen molar-refractivity contribution in [3.05, 3.63) is 24.3 Å².